The van der Waals surface area contributed by atoms with Crippen molar-refractivity contribution in [2.24, 2.45) is 5.92 Å². The number of ether oxygens (including phenoxy) is 1. The van der Waals surface area contributed by atoms with Crippen LogP contribution < -0.4 is 4.74 Å². The zero-order chi connectivity index (χ0) is 17.9. The van der Waals surface area contributed by atoms with Crippen LogP contribution in [0.2, 0.25) is 0 Å². The van der Waals surface area contributed by atoms with Gasteiger partial charge in [-0.2, -0.15) is 0 Å². The summed E-state index contributed by atoms with van der Waals surface area (Å²) in [5, 5.41) is 10.8. The maximum absolute atomic E-state index is 10.8. The molecule has 2 aromatic carbocycles. The van der Waals surface area contributed by atoms with Gasteiger partial charge in [0.2, 0.25) is 0 Å². The highest BCUT2D eigenvalue weighted by atomic mass is 16.5. The zero-order valence-electron chi connectivity index (χ0n) is 15.7. The van der Waals surface area contributed by atoms with Crippen molar-refractivity contribution in [3.05, 3.63) is 59.2 Å². The molecule has 1 aliphatic heterocycles. The van der Waals surface area contributed by atoms with Crippen LogP contribution in [0.25, 0.3) is 0 Å². The summed E-state index contributed by atoms with van der Waals surface area (Å²) in [4.78, 5) is 2.67. The van der Waals surface area contributed by atoms with Gasteiger partial charge >= 0.3 is 0 Å². The lowest BCUT2D eigenvalue weighted by atomic mass is 9.75. The van der Waals surface area contributed by atoms with E-state index in [2.05, 4.69) is 17.9 Å². The van der Waals surface area contributed by atoms with Crippen LogP contribution in [0, 0.1) is 5.92 Å². The van der Waals surface area contributed by atoms with Crippen molar-refractivity contribution < 1.29 is 9.84 Å². The van der Waals surface area contributed by atoms with E-state index in [1.807, 2.05) is 36.4 Å². The van der Waals surface area contributed by atoms with E-state index in [1.54, 1.807) is 0 Å². The summed E-state index contributed by atoms with van der Waals surface area (Å²) < 4.78 is 5.92. The maximum atomic E-state index is 10.8. The van der Waals surface area contributed by atoms with Gasteiger partial charge in [0, 0.05) is 11.6 Å². The average molecular weight is 368 g/mol. The van der Waals surface area contributed by atoms with Crippen LogP contribution in [0.3, 0.4) is 0 Å². The molecule has 1 heterocycles. The largest absolute Gasteiger partial charge is 0.504 e. The van der Waals surface area contributed by atoms with E-state index in [0.29, 0.717) is 30.1 Å². The first-order valence-electron chi connectivity index (χ1n) is 10.0. The topological polar surface area (TPSA) is 32.7 Å². The molecule has 0 radical (unpaired) electrons. The fraction of sp³-hybridized carbons (Fsp3) is 0.500. The van der Waals surface area contributed by atoms with Crippen molar-refractivity contribution in [1.29, 1.82) is 0 Å². The van der Waals surface area contributed by atoms with E-state index in [9.17, 15) is 5.11 Å². The Bertz CT molecular complexity index is 742. The van der Waals surface area contributed by atoms with E-state index in [0.717, 1.165) is 24.0 Å². The Kier molecular flexibility index (Phi) is 6.43. The molecule has 0 bridgehead atoms. The Morgan fingerprint density at radius 1 is 1.11 bits per heavy atom. The molecule has 2 atom stereocenters. The molecule has 0 spiro atoms. The second kappa shape index (κ2) is 8.79. The summed E-state index contributed by atoms with van der Waals surface area (Å²) >= 11 is 0. The van der Waals surface area contributed by atoms with Crippen LogP contribution >= 0.6 is 0 Å². The molecule has 3 heteroatoms. The molecule has 0 aromatic heterocycles. The molecule has 3 nitrogen and oxygen atoms in total. The predicted octanol–water partition coefficient (Wildman–Crippen LogP) is 5.20. The second-order valence-electron chi connectivity index (χ2n) is 7.74. The lowest BCUT2D eigenvalue weighted by Crippen LogP contribution is -2.49. The van der Waals surface area contributed by atoms with E-state index in [-0.39, 0.29) is 7.43 Å². The third kappa shape index (κ3) is 4.14. The lowest BCUT2D eigenvalue weighted by Gasteiger charge is -2.44. The minimum Gasteiger partial charge on any atom is -0.504 e. The molecule has 2 aromatic rings. The fourth-order valence-electron chi connectivity index (χ4n) is 4.73. The third-order valence-electron chi connectivity index (χ3n) is 6.02. The number of hydrogen-bond donors (Lipinski definition) is 1. The number of fused-ring (bicyclic) bond motifs is 2. The predicted molar refractivity (Wildman–Crippen MR) is 111 cm³/mol. The highest BCUT2D eigenvalue weighted by molar-refractivity contribution is 5.51. The normalized spacial score (nSPS) is 21.7. The molecule has 1 N–H and O–H groups in total. The molecule has 4 rings (SSSR count). The molecule has 0 amide bonds. The smallest absolute Gasteiger partial charge is 0.161 e. The summed E-state index contributed by atoms with van der Waals surface area (Å²) in [5.41, 5.74) is 3.54. The van der Waals surface area contributed by atoms with Crippen molar-refractivity contribution in [2.45, 2.75) is 59.1 Å². The third-order valence-corrected chi connectivity index (χ3v) is 6.02. The van der Waals surface area contributed by atoms with Gasteiger partial charge in [-0.3, -0.25) is 4.90 Å². The van der Waals surface area contributed by atoms with Gasteiger partial charge in [0.05, 0.1) is 0 Å². The highest BCUT2D eigenvalue weighted by Gasteiger charge is 2.36. The van der Waals surface area contributed by atoms with Crippen LogP contribution in [-0.2, 0) is 19.4 Å². The van der Waals surface area contributed by atoms with Gasteiger partial charge in [0.15, 0.2) is 11.5 Å². The van der Waals surface area contributed by atoms with Crippen LogP contribution in [0.4, 0.5) is 0 Å². The monoisotopic (exact) mass is 367 g/mol. The minimum atomic E-state index is 0. The van der Waals surface area contributed by atoms with Crippen molar-refractivity contribution in [2.75, 3.05) is 13.1 Å². The molecule has 0 saturated carbocycles. The van der Waals surface area contributed by atoms with Crippen molar-refractivity contribution in [3.8, 4) is 11.5 Å². The summed E-state index contributed by atoms with van der Waals surface area (Å²) in [7, 11) is 0. The minimum absolute atomic E-state index is 0. The number of phenolic OH excluding ortho intramolecular Hbond substituents is 1. The van der Waals surface area contributed by atoms with Crippen molar-refractivity contribution in [3.63, 3.8) is 0 Å². The van der Waals surface area contributed by atoms with Crippen LogP contribution in [0.1, 0.15) is 50.3 Å². The van der Waals surface area contributed by atoms with Gasteiger partial charge in [-0.1, -0.05) is 50.7 Å². The molecule has 146 valence electrons. The molecule has 1 saturated heterocycles. The molecule has 1 aliphatic carbocycles. The van der Waals surface area contributed by atoms with E-state index in [1.165, 1.54) is 37.9 Å². The number of phenols is 1. The van der Waals surface area contributed by atoms with Crippen LogP contribution in [0.15, 0.2) is 42.5 Å². The number of aromatic hydroxyl groups is 1. The van der Waals surface area contributed by atoms with E-state index < -0.39 is 0 Å². The van der Waals surface area contributed by atoms with Gasteiger partial charge in [0.1, 0.15) is 6.61 Å². The SMILES string of the molecule is C.CCCN1CCC[C@@H]2Cc3c(ccc(OCc4ccccc4)c3O)C[C@H]21. The lowest BCUT2D eigenvalue weighted by molar-refractivity contribution is 0.0847. The number of hydrogen-bond acceptors (Lipinski definition) is 3. The van der Waals surface area contributed by atoms with Crippen LogP contribution in [-0.4, -0.2) is 29.1 Å². The first-order chi connectivity index (χ1) is 12.8. The molecular formula is C24H33NO2. The summed E-state index contributed by atoms with van der Waals surface area (Å²) in [6.07, 6.45) is 5.81. The van der Waals surface area contributed by atoms with Gasteiger partial charge < -0.3 is 9.84 Å². The van der Waals surface area contributed by atoms with Gasteiger partial charge in [-0.05, 0) is 68.3 Å². The standard InChI is InChI=1S/C23H29NO2.CH4/c1-2-12-24-13-6-9-19-14-20-18(15-21(19)24)10-11-22(23(20)25)26-16-17-7-4-3-5-8-17;/h3-5,7-8,10-11,19,21,25H,2,6,9,12-16H2,1H3;1H4/t19-,21-;/m1./s1. The summed E-state index contributed by atoms with van der Waals surface area (Å²) in [6.45, 7) is 5.18. The Balaban J connectivity index is 0.00000210. The molecule has 2 aliphatic rings. The number of likely N-dealkylation sites (tertiary alicyclic amines) is 1. The van der Waals surface area contributed by atoms with Gasteiger partial charge in [-0.25, -0.2) is 0 Å². The van der Waals surface area contributed by atoms with Crippen LogP contribution in [0.5, 0.6) is 11.5 Å². The number of piperidine rings is 1. The Hall–Kier alpha value is -2.00. The molecule has 0 unspecified atom stereocenters. The van der Waals surface area contributed by atoms with Crippen molar-refractivity contribution >= 4 is 0 Å². The number of nitrogens with zero attached hydrogens (tertiary/aromatic N) is 1. The molecular weight excluding hydrogens is 334 g/mol. The summed E-state index contributed by atoms with van der Waals surface area (Å²) in [5.74, 6) is 1.65. The van der Waals surface area contributed by atoms with E-state index in [4.69, 9.17) is 4.74 Å². The number of rotatable bonds is 5. The first-order valence-corrected chi connectivity index (χ1v) is 10.0. The average Bonchev–Trinajstić information content (AvgIpc) is 2.68. The molecule has 27 heavy (non-hydrogen) atoms. The Morgan fingerprint density at radius 3 is 2.70 bits per heavy atom. The Morgan fingerprint density at radius 2 is 1.93 bits per heavy atom. The van der Waals surface area contributed by atoms with Gasteiger partial charge in [-0.15, -0.1) is 0 Å². The Labute approximate surface area is 164 Å². The first kappa shape index (κ1) is 19.8. The summed E-state index contributed by atoms with van der Waals surface area (Å²) in [6, 6.07) is 14.9. The van der Waals surface area contributed by atoms with Crippen molar-refractivity contribution in [1.82, 2.24) is 4.90 Å². The second-order valence-corrected chi connectivity index (χ2v) is 7.74. The number of benzene rings is 2. The van der Waals surface area contributed by atoms with E-state index >= 15 is 0 Å². The quantitative estimate of drug-likeness (QED) is 0.789. The fourth-order valence-corrected chi connectivity index (χ4v) is 4.73. The maximum Gasteiger partial charge on any atom is 0.161 e. The molecule has 1 fully saturated rings. The zero-order valence-corrected chi connectivity index (χ0v) is 15.7. The highest BCUT2D eigenvalue weighted by Crippen LogP contribution is 2.42. The van der Waals surface area contributed by atoms with Gasteiger partial charge in [0.25, 0.3) is 0 Å².